The van der Waals surface area contributed by atoms with Crippen molar-refractivity contribution in [1.29, 1.82) is 0 Å². The molecule has 120 valence electrons. The molecule has 3 aromatic rings. The molecule has 0 radical (unpaired) electrons. The van der Waals surface area contributed by atoms with Crippen LogP contribution in [0.5, 0.6) is 5.75 Å². The molecule has 1 unspecified atom stereocenters. The predicted molar refractivity (Wildman–Crippen MR) is 91.7 cm³/mol. The maximum Gasteiger partial charge on any atom is 0.177 e. The second kappa shape index (κ2) is 5.58. The van der Waals surface area contributed by atoms with Crippen LogP contribution < -0.4 is 10.5 Å². The van der Waals surface area contributed by atoms with Crippen LogP contribution >= 0.6 is 0 Å². The Morgan fingerprint density at radius 2 is 1.79 bits per heavy atom. The number of hydrogen-bond donors (Lipinski definition) is 1. The molecule has 1 aliphatic heterocycles. The van der Waals surface area contributed by atoms with E-state index in [9.17, 15) is 0 Å². The number of hydrogen-bond acceptors (Lipinski definition) is 5. The number of ether oxygens (including phenoxy) is 1. The van der Waals surface area contributed by atoms with Crippen LogP contribution in [0, 0.1) is 6.92 Å². The molecule has 0 saturated heterocycles. The lowest BCUT2D eigenvalue weighted by atomic mass is 10.0. The van der Waals surface area contributed by atoms with E-state index in [-0.39, 0.29) is 0 Å². The van der Waals surface area contributed by atoms with Crippen molar-refractivity contribution in [3.05, 3.63) is 71.3 Å². The lowest BCUT2D eigenvalue weighted by Crippen LogP contribution is -2.13. The van der Waals surface area contributed by atoms with Crippen molar-refractivity contribution in [2.24, 2.45) is 10.7 Å². The maximum atomic E-state index is 6.29. The zero-order valence-electron chi connectivity index (χ0n) is 13.5. The van der Waals surface area contributed by atoms with Gasteiger partial charge in [-0.15, -0.1) is 10.2 Å². The summed E-state index contributed by atoms with van der Waals surface area (Å²) < 4.78 is 7.21. The lowest BCUT2D eigenvalue weighted by molar-refractivity contribution is 0.415. The highest BCUT2D eigenvalue weighted by atomic mass is 16.5. The van der Waals surface area contributed by atoms with E-state index >= 15 is 0 Å². The van der Waals surface area contributed by atoms with Gasteiger partial charge in [-0.05, 0) is 37.3 Å². The second-order valence-electron chi connectivity index (χ2n) is 5.61. The Hall–Kier alpha value is -2.99. The van der Waals surface area contributed by atoms with Crippen molar-refractivity contribution in [3.8, 4) is 11.4 Å². The van der Waals surface area contributed by atoms with E-state index in [1.807, 2.05) is 60.0 Å². The van der Waals surface area contributed by atoms with Gasteiger partial charge in [-0.25, -0.2) is 0 Å². The molecular formula is C18H17N5O. The number of rotatable bonds is 2. The monoisotopic (exact) mass is 319 g/mol. The number of para-hydroxylation sites is 1. The van der Waals surface area contributed by atoms with E-state index in [0.29, 0.717) is 5.82 Å². The van der Waals surface area contributed by atoms with Gasteiger partial charge in [-0.2, -0.15) is 0 Å². The fourth-order valence-corrected chi connectivity index (χ4v) is 2.98. The van der Waals surface area contributed by atoms with Gasteiger partial charge in [0.05, 0.1) is 18.5 Å². The van der Waals surface area contributed by atoms with Gasteiger partial charge in [0.15, 0.2) is 12.0 Å². The second-order valence-corrected chi connectivity index (χ2v) is 5.61. The fourth-order valence-electron chi connectivity index (χ4n) is 2.98. The Bertz CT molecular complexity index is 927. The number of aryl methyl sites for hydroxylation is 1. The molecule has 6 nitrogen and oxygen atoms in total. The third kappa shape index (κ3) is 2.19. The number of benzene rings is 2. The van der Waals surface area contributed by atoms with Crippen molar-refractivity contribution in [3.63, 3.8) is 0 Å². The van der Waals surface area contributed by atoms with Crippen LogP contribution in [-0.4, -0.2) is 27.6 Å². The molecule has 1 aromatic heterocycles. The Balaban J connectivity index is 1.95. The summed E-state index contributed by atoms with van der Waals surface area (Å²) in [6, 6.07) is 15.9. The van der Waals surface area contributed by atoms with Crippen molar-refractivity contribution < 1.29 is 4.74 Å². The molecule has 0 bridgehead atoms. The van der Waals surface area contributed by atoms with E-state index in [2.05, 4.69) is 10.2 Å². The van der Waals surface area contributed by atoms with Gasteiger partial charge in [0.2, 0.25) is 0 Å². The van der Waals surface area contributed by atoms with Gasteiger partial charge in [0.1, 0.15) is 11.6 Å². The van der Waals surface area contributed by atoms with Gasteiger partial charge < -0.3 is 10.5 Å². The van der Waals surface area contributed by atoms with Gasteiger partial charge >= 0.3 is 0 Å². The molecule has 2 N–H and O–H groups in total. The van der Waals surface area contributed by atoms with Crippen LogP contribution in [0.1, 0.15) is 28.9 Å². The molecule has 0 amide bonds. The first-order valence-corrected chi connectivity index (χ1v) is 7.68. The zero-order chi connectivity index (χ0) is 16.7. The van der Waals surface area contributed by atoms with Crippen LogP contribution in [0.25, 0.3) is 5.69 Å². The smallest absolute Gasteiger partial charge is 0.177 e. The molecular weight excluding hydrogens is 302 g/mol. The van der Waals surface area contributed by atoms with E-state index in [1.54, 1.807) is 7.11 Å². The Morgan fingerprint density at radius 3 is 2.54 bits per heavy atom. The van der Waals surface area contributed by atoms with Crippen LogP contribution in [0.3, 0.4) is 0 Å². The van der Waals surface area contributed by atoms with E-state index < -0.39 is 6.17 Å². The minimum Gasteiger partial charge on any atom is -0.497 e. The number of fused-ring (bicyclic) bond motifs is 3. The highest BCUT2D eigenvalue weighted by Gasteiger charge is 2.25. The first-order valence-electron chi connectivity index (χ1n) is 7.68. The normalized spacial score (nSPS) is 16.0. The SMILES string of the molecule is COc1ccc(C2=NC(N)c3nnc(C)n3-c3ccccc32)cc1. The standard InChI is InChI=1S/C18H17N5O/c1-11-21-22-18-17(19)20-16(12-7-9-13(24-2)10-8-12)14-5-3-4-6-15(14)23(11)18/h3-10,17H,19H2,1-2H3. The Morgan fingerprint density at radius 1 is 1.04 bits per heavy atom. The van der Waals surface area contributed by atoms with Crippen molar-refractivity contribution >= 4 is 5.71 Å². The van der Waals surface area contributed by atoms with Crippen LogP contribution in [0.15, 0.2) is 53.5 Å². The molecule has 0 aliphatic carbocycles. The third-order valence-corrected chi connectivity index (χ3v) is 4.15. The summed E-state index contributed by atoms with van der Waals surface area (Å²) in [5.41, 5.74) is 10.1. The summed E-state index contributed by atoms with van der Waals surface area (Å²) in [7, 11) is 1.65. The quantitative estimate of drug-likeness (QED) is 0.786. The van der Waals surface area contributed by atoms with Crippen LogP contribution in [0.2, 0.25) is 0 Å². The summed E-state index contributed by atoms with van der Waals surface area (Å²) in [5, 5.41) is 8.37. The Labute approximate surface area is 139 Å². The molecule has 24 heavy (non-hydrogen) atoms. The topological polar surface area (TPSA) is 78.3 Å². The minimum absolute atomic E-state index is 0.573. The average molecular weight is 319 g/mol. The van der Waals surface area contributed by atoms with Crippen molar-refractivity contribution in [2.45, 2.75) is 13.1 Å². The molecule has 6 heteroatoms. The molecule has 0 fully saturated rings. The van der Waals surface area contributed by atoms with Crippen LogP contribution in [-0.2, 0) is 0 Å². The van der Waals surface area contributed by atoms with Gasteiger partial charge in [-0.3, -0.25) is 9.56 Å². The fraction of sp³-hybridized carbons (Fsp3) is 0.167. The predicted octanol–water partition coefficient (Wildman–Crippen LogP) is 2.39. The first-order chi connectivity index (χ1) is 11.7. The molecule has 4 rings (SSSR count). The molecule has 2 aromatic carbocycles. The summed E-state index contributed by atoms with van der Waals surface area (Å²) in [4.78, 5) is 4.73. The molecule has 1 aliphatic rings. The van der Waals surface area contributed by atoms with Crippen LogP contribution in [0.4, 0.5) is 0 Å². The number of methoxy groups -OCH3 is 1. The highest BCUT2D eigenvalue weighted by molar-refractivity contribution is 6.15. The number of nitrogens with two attached hydrogens (primary N) is 1. The molecule has 0 spiro atoms. The summed E-state index contributed by atoms with van der Waals surface area (Å²) >= 11 is 0. The highest BCUT2D eigenvalue weighted by Crippen LogP contribution is 2.28. The first kappa shape index (κ1) is 14.6. The zero-order valence-corrected chi connectivity index (χ0v) is 13.5. The molecule has 2 heterocycles. The number of aliphatic imine (C=N–C) groups is 1. The molecule has 0 saturated carbocycles. The lowest BCUT2D eigenvalue weighted by Gasteiger charge is -2.12. The van der Waals surface area contributed by atoms with E-state index in [4.69, 9.17) is 15.5 Å². The van der Waals surface area contributed by atoms with Gasteiger partial charge in [0.25, 0.3) is 0 Å². The third-order valence-electron chi connectivity index (χ3n) is 4.15. The average Bonchev–Trinajstić information content (AvgIpc) is 2.95. The summed E-state index contributed by atoms with van der Waals surface area (Å²) in [6.07, 6.45) is -0.573. The van der Waals surface area contributed by atoms with E-state index in [0.717, 1.165) is 34.1 Å². The Kier molecular flexibility index (Phi) is 3.39. The maximum absolute atomic E-state index is 6.29. The van der Waals surface area contributed by atoms with Gasteiger partial charge in [-0.1, -0.05) is 18.2 Å². The van der Waals surface area contributed by atoms with Crippen molar-refractivity contribution in [2.75, 3.05) is 7.11 Å². The summed E-state index contributed by atoms with van der Waals surface area (Å²) in [6.45, 7) is 1.92. The van der Waals surface area contributed by atoms with E-state index in [1.165, 1.54) is 0 Å². The minimum atomic E-state index is -0.573. The summed E-state index contributed by atoms with van der Waals surface area (Å²) in [5.74, 6) is 2.24. The van der Waals surface area contributed by atoms with Gasteiger partial charge in [0, 0.05) is 11.1 Å². The van der Waals surface area contributed by atoms with Crippen molar-refractivity contribution in [1.82, 2.24) is 14.8 Å². The molecule has 1 atom stereocenters. The largest absolute Gasteiger partial charge is 0.497 e. The number of nitrogens with zero attached hydrogens (tertiary/aromatic N) is 4. The number of aromatic nitrogens is 3.